The fraction of sp³-hybridized carbons (Fsp3) is 0.133. The Balaban J connectivity index is 2.35. The highest BCUT2D eigenvalue weighted by atomic mass is 19.4. The van der Waals surface area contributed by atoms with E-state index in [4.69, 9.17) is 9.47 Å². The summed E-state index contributed by atoms with van der Waals surface area (Å²) in [6.07, 6.45) is -3.32. The van der Waals surface area contributed by atoms with Gasteiger partial charge in [-0.2, -0.15) is 18.2 Å². The first-order valence-corrected chi connectivity index (χ1v) is 6.05. The molecule has 0 saturated carbocycles. The van der Waals surface area contributed by atoms with E-state index in [9.17, 15) is 18.0 Å². The number of alkyl halides is 3. The van der Waals surface area contributed by atoms with Crippen LogP contribution in [0.15, 0.2) is 47.5 Å². The van der Waals surface area contributed by atoms with Crippen molar-refractivity contribution in [2.24, 2.45) is 4.99 Å². The number of aliphatic imine (C=N–C) groups is 1. The summed E-state index contributed by atoms with van der Waals surface area (Å²) in [4.78, 5) is 13.6. The predicted molar refractivity (Wildman–Crippen MR) is 72.3 cm³/mol. The normalized spacial score (nSPS) is 10.7. The fourth-order valence-electron chi connectivity index (χ4n) is 1.69. The molecule has 0 amide bonds. The van der Waals surface area contributed by atoms with Gasteiger partial charge in [0.2, 0.25) is 6.08 Å². The molecule has 0 bridgehead atoms. The molecule has 0 heterocycles. The second-order valence-corrected chi connectivity index (χ2v) is 4.16. The van der Waals surface area contributed by atoms with Gasteiger partial charge in [0.15, 0.2) is 5.75 Å². The van der Waals surface area contributed by atoms with E-state index in [-0.39, 0.29) is 11.4 Å². The summed E-state index contributed by atoms with van der Waals surface area (Å²) in [6, 6.07) is 9.08. The first-order chi connectivity index (χ1) is 10.4. The molecule has 7 heteroatoms. The molecule has 0 radical (unpaired) electrons. The molecular weight excluding hydrogens is 299 g/mol. The molecule has 0 spiro atoms. The van der Waals surface area contributed by atoms with Gasteiger partial charge in [0, 0.05) is 0 Å². The van der Waals surface area contributed by atoms with Gasteiger partial charge in [-0.05, 0) is 42.5 Å². The Hall–Kier alpha value is -2.79. The van der Waals surface area contributed by atoms with E-state index in [0.29, 0.717) is 11.5 Å². The van der Waals surface area contributed by atoms with Crippen molar-refractivity contribution in [3.63, 3.8) is 0 Å². The Bertz CT molecular complexity index is 705. The Morgan fingerprint density at radius 3 is 2.23 bits per heavy atom. The smallest absolute Gasteiger partial charge is 0.416 e. The maximum atomic E-state index is 12.7. The number of methoxy groups -OCH3 is 1. The van der Waals surface area contributed by atoms with Crippen LogP contribution in [0.3, 0.4) is 0 Å². The minimum Gasteiger partial charge on any atom is -0.497 e. The van der Waals surface area contributed by atoms with Gasteiger partial charge in [0.05, 0.1) is 12.7 Å². The molecule has 0 atom stereocenters. The van der Waals surface area contributed by atoms with E-state index in [1.807, 2.05) is 0 Å². The fourth-order valence-corrected chi connectivity index (χ4v) is 1.69. The highest BCUT2D eigenvalue weighted by molar-refractivity contribution is 5.60. The molecule has 2 aromatic rings. The SMILES string of the molecule is COc1ccc(Oc2ccc(C(F)(F)F)cc2N=C=O)cc1. The molecular formula is C15H10F3NO3. The van der Waals surface area contributed by atoms with Crippen molar-refractivity contribution in [1.82, 2.24) is 0 Å². The van der Waals surface area contributed by atoms with Crippen LogP contribution in [0.2, 0.25) is 0 Å². The lowest BCUT2D eigenvalue weighted by Gasteiger charge is -2.11. The summed E-state index contributed by atoms with van der Waals surface area (Å²) in [7, 11) is 1.50. The molecule has 0 aromatic heterocycles. The second-order valence-electron chi connectivity index (χ2n) is 4.16. The van der Waals surface area contributed by atoms with E-state index in [2.05, 4.69) is 4.99 Å². The predicted octanol–water partition coefficient (Wildman–Crippen LogP) is 4.47. The Kier molecular flexibility index (Phi) is 4.48. The molecule has 4 nitrogen and oxygen atoms in total. The second kappa shape index (κ2) is 6.32. The third kappa shape index (κ3) is 3.65. The Morgan fingerprint density at radius 1 is 1.05 bits per heavy atom. The zero-order valence-electron chi connectivity index (χ0n) is 11.3. The Labute approximate surface area is 123 Å². The number of hydrogen-bond donors (Lipinski definition) is 0. The van der Waals surface area contributed by atoms with Crippen molar-refractivity contribution in [3.05, 3.63) is 48.0 Å². The zero-order chi connectivity index (χ0) is 16.2. The monoisotopic (exact) mass is 309 g/mol. The highest BCUT2D eigenvalue weighted by Crippen LogP contribution is 2.38. The van der Waals surface area contributed by atoms with Crippen LogP contribution in [0.4, 0.5) is 18.9 Å². The van der Waals surface area contributed by atoms with Crippen LogP contribution in [0.25, 0.3) is 0 Å². The number of hydrogen-bond acceptors (Lipinski definition) is 4. The summed E-state index contributed by atoms with van der Waals surface area (Å²) >= 11 is 0. The highest BCUT2D eigenvalue weighted by Gasteiger charge is 2.31. The van der Waals surface area contributed by atoms with E-state index in [1.54, 1.807) is 24.3 Å². The van der Waals surface area contributed by atoms with Gasteiger partial charge in [-0.3, -0.25) is 0 Å². The van der Waals surface area contributed by atoms with Gasteiger partial charge < -0.3 is 9.47 Å². The number of halogens is 3. The van der Waals surface area contributed by atoms with E-state index in [0.717, 1.165) is 18.2 Å². The first-order valence-electron chi connectivity index (χ1n) is 6.05. The number of benzene rings is 2. The number of ether oxygens (including phenoxy) is 2. The number of isocyanates is 1. The molecule has 114 valence electrons. The van der Waals surface area contributed by atoms with Gasteiger partial charge in [-0.1, -0.05) is 0 Å². The first kappa shape index (κ1) is 15.6. The van der Waals surface area contributed by atoms with Crippen LogP contribution in [-0.4, -0.2) is 13.2 Å². The quantitative estimate of drug-likeness (QED) is 0.618. The third-order valence-corrected chi connectivity index (χ3v) is 2.74. The molecule has 0 saturated heterocycles. The Morgan fingerprint density at radius 2 is 1.68 bits per heavy atom. The lowest BCUT2D eigenvalue weighted by Crippen LogP contribution is -2.04. The maximum absolute atomic E-state index is 12.7. The third-order valence-electron chi connectivity index (χ3n) is 2.74. The standard InChI is InChI=1S/C15H10F3NO3/c1-21-11-3-5-12(6-4-11)22-14-7-2-10(15(16,17)18)8-13(14)19-9-20/h2-8H,1H3. The van der Waals surface area contributed by atoms with Gasteiger partial charge in [-0.15, -0.1) is 0 Å². The van der Waals surface area contributed by atoms with Crippen molar-refractivity contribution in [2.75, 3.05) is 7.11 Å². The summed E-state index contributed by atoms with van der Waals surface area (Å²) in [5.74, 6) is 0.982. The maximum Gasteiger partial charge on any atom is 0.416 e. The van der Waals surface area contributed by atoms with Gasteiger partial charge in [0.25, 0.3) is 0 Å². The van der Waals surface area contributed by atoms with Crippen molar-refractivity contribution in [3.8, 4) is 17.2 Å². The minimum absolute atomic E-state index is 0.0153. The van der Waals surface area contributed by atoms with Crippen molar-refractivity contribution >= 4 is 11.8 Å². The van der Waals surface area contributed by atoms with Crippen LogP contribution >= 0.6 is 0 Å². The van der Waals surface area contributed by atoms with E-state index in [1.165, 1.54) is 13.2 Å². The lowest BCUT2D eigenvalue weighted by molar-refractivity contribution is -0.137. The van der Waals surface area contributed by atoms with Gasteiger partial charge >= 0.3 is 6.18 Å². The average Bonchev–Trinajstić information content (AvgIpc) is 2.49. The minimum atomic E-state index is -4.54. The average molecular weight is 309 g/mol. The largest absolute Gasteiger partial charge is 0.497 e. The van der Waals surface area contributed by atoms with Crippen molar-refractivity contribution in [1.29, 1.82) is 0 Å². The molecule has 2 aromatic carbocycles. The van der Waals surface area contributed by atoms with Crippen LogP contribution in [-0.2, 0) is 11.0 Å². The molecule has 0 aliphatic rings. The van der Waals surface area contributed by atoms with E-state index < -0.39 is 11.7 Å². The number of carbonyl (C=O) groups excluding carboxylic acids is 1. The lowest BCUT2D eigenvalue weighted by atomic mass is 10.2. The summed E-state index contributed by atoms with van der Waals surface area (Å²) in [5, 5.41) is 0. The molecule has 0 aliphatic carbocycles. The number of rotatable bonds is 4. The zero-order valence-corrected chi connectivity index (χ0v) is 11.3. The molecule has 0 fully saturated rings. The molecule has 0 aliphatic heterocycles. The van der Waals surface area contributed by atoms with E-state index >= 15 is 0 Å². The molecule has 2 rings (SSSR count). The number of nitrogens with zero attached hydrogens (tertiary/aromatic N) is 1. The summed E-state index contributed by atoms with van der Waals surface area (Å²) < 4.78 is 48.4. The summed E-state index contributed by atoms with van der Waals surface area (Å²) in [6.45, 7) is 0. The van der Waals surface area contributed by atoms with Crippen LogP contribution in [0, 0.1) is 0 Å². The molecule has 0 unspecified atom stereocenters. The van der Waals surface area contributed by atoms with Crippen molar-refractivity contribution < 1.29 is 27.4 Å². The van der Waals surface area contributed by atoms with Crippen LogP contribution < -0.4 is 9.47 Å². The molecule has 0 N–H and O–H groups in total. The van der Waals surface area contributed by atoms with Crippen LogP contribution in [0.5, 0.6) is 17.2 Å². The van der Waals surface area contributed by atoms with Gasteiger partial charge in [0.1, 0.15) is 17.2 Å². The topological polar surface area (TPSA) is 47.9 Å². The summed E-state index contributed by atoms with van der Waals surface area (Å²) in [5.41, 5.74) is -1.18. The molecule has 22 heavy (non-hydrogen) atoms. The van der Waals surface area contributed by atoms with Crippen LogP contribution in [0.1, 0.15) is 5.56 Å². The van der Waals surface area contributed by atoms with Gasteiger partial charge in [-0.25, -0.2) is 4.79 Å². The van der Waals surface area contributed by atoms with Crippen molar-refractivity contribution in [2.45, 2.75) is 6.18 Å².